The minimum atomic E-state index is -2.57. The molecule has 13 heavy (non-hydrogen) atoms. The number of hydrogen-bond acceptors (Lipinski definition) is 1. The summed E-state index contributed by atoms with van der Waals surface area (Å²) in [7, 11) is 0. The van der Waals surface area contributed by atoms with E-state index >= 15 is 0 Å². The summed E-state index contributed by atoms with van der Waals surface area (Å²) in [4.78, 5) is 3.72. The molecule has 0 atom stereocenters. The van der Waals surface area contributed by atoms with Crippen molar-refractivity contribution in [2.45, 2.75) is 19.2 Å². The normalized spacial score (nSPS) is 10.9. The number of nitrogens with zero attached hydrogens (tertiary/aromatic N) is 1. The quantitative estimate of drug-likeness (QED) is 0.744. The molecule has 0 amide bonds. The first-order valence-electron chi connectivity index (χ1n) is 3.56. The van der Waals surface area contributed by atoms with Crippen molar-refractivity contribution in [1.29, 1.82) is 0 Å². The summed E-state index contributed by atoms with van der Waals surface area (Å²) < 4.78 is 25.1. The number of pyridine rings is 1. The molecule has 72 valence electrons. The van der Waals surface area contributed by atoms with E-state index in [9.17, 15) is 8.78 Å². The topological polar surface area (TPSA) is 12.9 Å². The molecule has 0 saturated carbocycles. The van der Waals surface area contributed by atoms with Crippen LogP contribution < -0.4 is 0 Å². The highest BCUT2D eigenvalue weighted by Gasteiger charge is 2.16. The Morgan fingerprint density at radius 2 is 2.23 bits per heavy atom. The van der Waals surface area contributed by atoms with Crippen LogP contribution in [0.4, 0.5) is 8.78 Å². The first-order chi connectivity index (χ1) is 6.06. The maximum Gasteiger partial charge on any atom is 0.281 e. The van der Waals surface area contributed by atoms with Crippen molar-refractivity contribution in [3.63, 3.8) is 0 Å². The van der Waals surface area contributed by atoms with Crippen LogP contribution in [0.15, 0.2) is 10.5 Å². The molecule has 0 fully saturated rings. The van der Waals surface area contributed by atoms with Gasteiger partial charge in [-0.25, -0.2) is 13.8 Å². The number of alkyl halides is 3. The summed E-state index contributed by atoms with van der Waals surface area (Å²) in [6.07, 6.45) is -2.57. The van der Waals surface area contributed by atoms with E-state index in [1.165, 1.54) is 0 Å². The smallest absolute Gasteiger partial charge is 0.249 e. The Morgan fingerprint density at radius 3 is 2.69 bits per heavy atom. The lowest BCUT2D eigenvalue weighted by molar-refractivity contribution is 0.145. The summed E-state index contributed by atoms with van der Waals surface area (Å²) >= 11 is 8.56. The minimum absolute atomic E-state index is 0.147. The van der Waals surface area contributed by atoms with Crippen LogP contribution in [0.1, 0.15) is 23.4 Å². The van der Waals surface area contributed by atoms with Crippen LogP contribution in [0.25, 0.3) is 0 Å². The van der Waals surface area contributed by atoms with Crippen molar-refractivity contribution in [2.24, 2.45) is 0 Å². The van der Waals surface area contributed by atoms with E-state index in [0.717, 1.165) is 5.56 Å². The fraction of sp³-hybridized carbons (Fsp3) is 0.375. The van der Waals surface area contributed by atoms with Crippen LogP contribution in [-0.4, -0.2) is 4.98 Å². The van der Waals surface area contributed by atoms with Gasteiger partial charge in [0.1, 0.15) is 5.69 Å². The molecule has 0 N–H and O–H groups in total. The first-order valence-corrected chi connectivity index (χ1v) is 4.89. The Bertz CT molecular complexity index is 317. The summed E-state index contributed by atoms with van der Waals surface area (Å²) in [5, 5.41) is 0. The molecule has 0 unspecified atom stereocenters. The van der Waals surface area contributed by atoms with Crippen LogP contribution in [-0.2, 0) is 5.88 Å². The number of halogens is 4. The van der Waals surface area contributed by atoms with Gasteiger partial charge in [0.2, 0.25) is 0 Å². The molecule has 0 aliphatic carbocycles. The molecule has 1 aromatic rings. The first kappa shape index (κ1) is 10.9. The molecule has 0 bridgehead atoms. The fourth-order valence-electron chi connectivity index (χ4n) is 0.964. The number of aromatic nitrogens is 1. The third-order valence-corrected chi connectivity index (χ3v) is 2.87. The van der Waals surface area contributed by atoms with Crippen molar-refractivity contribution in [2.75, 3.05) is 0 Å². The highest BCUT2D eigenvalue weighted by atomic mass is 79.9. The van der Waals surface area contributed by atoms with E-state index in [4.69, 9.17) is 11.6 Å². The average Bonchev–Trinajstić information content (AvgIpc) is 2.09. The molecule has 0 aliphatic rings. The summed E-state index contributed by atoms with van der Waals surface area (Å²) in [5.41, 5.74) is 0.953. The highest BCUT2D eigenvalue weighted by Crippen LogP contribution is 2.28. The zero-order valence-electron chi connectivity index (χ0n) is 6.82. The number of hydrogen-bond donors (Lipinski definition) is 0. The van der Waals surface area contributed by atoms with Gasteiger partial charge in [-0.15, -0.1) is 11.6 Å². The zero-order valence-corrected chi connectivity index (χ0v) is 9.16. The van der Waals surface area contributed by atoms with Gasteiger partial charge in [-0.1, -0.05) is 0 Å². The molecule has 1 rings (SSSR count). The monoisotopic (exact) mass is 269 g/mol. The molecule has 0 radical (unpaired) electrons. The molecular formula is C8H7BrClF2N. The van der Waals surface area contributed by atoms with Gasteiger partial charge in [0.15, 0.2) is 0 Å². The van der Waals surface area contributed by atoms with E-state index in [-0.39, 0.29) is 11.6 Å². The zero-order chi connectivity index (χ0) is 10.0. The van der Waals surface area contributed by atoms with E-state index in [1.807, 2.05) is 0 Å². The third-order valence-electron chi connectivity index (χ3n) is 1.56. The Hall–Kier alpha value is -0.220. The second kappa shape index (κ2) is 4.33. The summed E-state index contributed by atoms with van der Waals surface area (Å²) in [6.45, 7) is 1.73. The fourth-order valence-corrected chi connectivity index (χ4v) is 1.48. The van der Waals surface area contributed by atoms with Gasteiger partial charge in [-0.2, -0.15) is 0 Å². The van der Waals surface area contributed by atoms with Crippen LogP contribution in [0.3, 0.4) is 0 Å². The van der Waals surface area contributed by atoms with Gasteiger partial charge in [0.05, 0.1) is 11.6 Å². The predicted octanol–water partition coefficient (Wildman–Crippen LogP) is 3.83. The van der Waals surface area contributed by atoms with Gasteiger partial charge in [-0.3, -0.25) is 0 Å². The van der Waals surface area contributed by atoms with E-state index in [2.05, 4.69) is 20.9 Å². The Labute approximate surface area is 88.2 Å². The largest absolute Gasteiger partial charge is 0.281 e. The molecule has 0 aromatic carbocycles. The van der Waals surface area contributed by atoms with Gasteiger partial charge >= 0.3 is 0 Å². The second-order valence-electron chi connectivity index (χ2n) is 2.56. The lowest BCUT2D eigenvalue weighted by atomic mass is 10.2. The standard InChI is InChI=1S/C8H7BrClF2N/c1-4-2-5(3-10)13-7(6(4)9)8(11)12/h2,8H,3H2,1H3. The molecule has 0 saturated heterocycles. The Morgan fingerprint density at radius 1 is 1.62 bits per heavy atom. The van der Waals surface area contributed by atoms with E-state index in [1.54, 1.807) is 13.0 Å². The van der Waals surface area contributed by atoms with Crippen molar-refractivity contribution < 1.29 is 8.78 Å². The van der Waals surface area contributed by atoms with Gasteiger partial charge in [0.25, 0.3) is 6.43 Å². The van der Waals surface area contributed by atoms with Crippen molar-refractivity contribution >= 4 is 27.5 Å². The minimum Gasteiger partial charge on any atom is -0.249 e. The van der Waals surface area contributed by atoms with Gasteiger partial charge in [0, 0.05) is 4.47 Å². The van der Waals surface area contributed by atoms with Crippen molar-refractivity contribution in [3.8, 4) is 0 Å². The van der Waals surface area contributed by atoms with Crippen LogP contribution in [0.2, 0.25) is 0 Å². The van der Waals surface area contributed by atoms with Crippen LogP contribution in [0.5, 0.6) is 0 Å². The SMILES string of the molecule is Cc1cc(CCl)nc(C(F)F)c1Br. The summed E-state index contributed by atoms with van der Waals surface area (Å²) in [5.74, 6) is 0.147. The molecule has 0 aliphatic heterocycles. The third kappa shape index (κ3) is 2.38. The maximum atomic E-state index is 12.4. The van der Waals surface area contributed by atoms with Gasteiger partial charge < -0.3 is 0 Å². The number of aryl methyl sites for hydroxylation is 1. The molecule has 1 aromatic heterocycles. The number of rotatable bonds is 2. The van der Waals surface area contributed by atoms with Crippen LogP contribution >= 0.6 is 27.5 Å². The highest BCUT2D eigenvalue weighted by molar-refractivity contribution is 9.10. The van der Waals surface area contributed by atoms with Crippen molar-refractivity contribution in [1.82, 2.24) is 4.98 Å². The molecule has 1 nitrogen and oxygen atoms in total. The van der Waals surface area contributed by atoms with Crippen LogP contribution in [0, 0.1) is 6.92 Å². The predicted molar refractivity (Wildman–Crippen MR) is 51.2 cm³/mol. The lowest BCUT2D eigenvalue weighted by Crippen LogP contribution is -1.98. The average molecular weight is 271 g/mol. The lowest BCUT2D eigenvalue weighted by Gasteiger charge is -2.07. The van der Waals surface area contributed by atoms with Gasteiger partial charge in [-0.05, 0) is 34.5 Å². The summed E-state index contributed by atoms with van der Waals surface area (Å²) in [6, 6.07) is 1.68. The maximum absolute atomic E-state index is 12.4. The second-order valence-corrected chi connectivity index (χ2v) is 3.62. The van der Waals surface area contributed by atoms with E-state index in [0.29, 0.717) is 10.2 Å². The Kier molecular flexibility index (Phi) is 3.62. The van der Waals surface area contributed by atoms with E-state index < -0.39 is 6.43 Å². The molecule has 0 spiro atoms. The molecule has 1 heterocycles. The molecule has 5 heteroatoms. The van der Waals surface area contributed by atoms with Crippen molar-refractivity contribution in [3.05, 3.63) is 27.5 Å². The Balaban J connectivity index is 3.25. The molecular weight excluding hydrogens is 263 g/mol.